The molecule has 4 aliphatic rings. The number of rotatable bonds is 6. The van der Waals surface area contributed by atoms with E-state index in [2.05, 4.69) is 26.2 Å². The second-order valence-corrected chi connectivity index (χ2v) is 15.7. The van der Waals surface area contributed by atoms with Gasteiger partial charge in [0.1, 0.15) is 11.6 Å². The van der Waals surface area contributed by atoms with Crippen LogP contribution in [0.3, 0.4) is 0 Å². The molecule has 1 saturated heterocycles. The minimum atomic E-state index is -4.57. The highest BCUT2D eigenvalue weighted by Crippen LogP contribution is 2.69. The Labute approximate surface area is 292 Å². The monoisotopic (exact) mass is 773 g/mol. The van der Waals surface area contributed by atoms with Crippen molar-refractivity contribution in [1.29, 1.82) is 0 Å². The van der Waals surface area contributed by atoms with E-state index in [1.54, 1.807) is 12.1 Å². The lowest BCUT2D eigenvalue weighted by atomic mass is 9.68. The van der Waals surface area contributed by atoms with Crippen LogP contribution in [0, 0.1) is 35.4 Å². The van der Waals surface area contributed by atoms with Crippen molar-refractivity contribution < 1.29 is 36.7 Å². The molecular weight excluding hydrogens is 750 g/mol. The summed E-state index contributed by atoms with van der Waals surface area (Å²) in [6.07, 6.45) is -3.93. The fourth-order valence-corrected chi connectivity index (χ4v) is 11.5. The molecule has 0 radical (unpaired) electrons. The number of nitrogens with one attached hydrogen (secondary N) is 2. The number of hydrogen-bond acceptors (Lipinski definition) is 7. The number of thiazole rings is 1. The molecule has 4 unspecified atom stereocenters. The molecule has 0 spiro atoms. The number of imide groups is 1. The van der Waals surface area contributed by atoms with Gasteiger partial charge >= 0.3 is 11.0 Å². The highest BCUT2D eigenvalue weighted by atomic mass is 79.9. The van der Waals surface area contributed by atoms with Crippen LogP contribution >= 0.6 is 39.0 Å². The zero-order valence-corrected chi connectivity index (χ0v) is 28.2. The number of anilines is 2. The summed E-state index contributed by atoms with van der Waals surface area (Å²) >= 11 is 6.13. The Kier molecular flexibility index (Phi) is 7.79. The maximum atomic E-state index is 14.0. The van der Waals surface area contributed by atoms with Crippen molar-refractivity contribution in [3.05, 3.63) is 103 Å². The molecule has 7 atom stereocenters. The molecule has 3 fully saturated rings. The Morgan fingerprint density at radius 2 is 1.73 bits per heavy atom. The molecule has 8 nitrogen and oxygen atoms in total. The van der Waals surface area contributed by atoms with Gasteiger partial charge in [-0.15, -0.1) is 11.8 Å². The maximum Gasteiger partial charge on any atom is 0.416 e. The topological polar surface area (TPSA) is 109 Å². The Morgan fingerprint density at radius 1 is 1.00 bits per heavy atom. The van der Waals surface area contributed by atoms with Gasteiger partial charge in [0.25, 0.3) is 5.91 Å². The van der Waals surface area contributed by atoms with E-state index in [4.69, 9.17) is 4.74 Å². The summed E-state index contributed by atoms with van der Waals surface area (Å²) in [5, 5.41) is 3.02. The second-order valence-electron chi connectivity index (χ2n) is 12.5. The predicted molar refractivity (Wildman–Crippen MR) is 177 cm³/mol. The van der Waals surface area contributed by atoms with E-state index < -0.39 is 47.8 Å². The molecule has 15 heteroatoms. The molecule has 2 saturated carbocycles. The summed E-state index contributed by atoms with van der Waals surface area (Å²) in [6, 6.07) is 14.8. The van der Waals surface area contributed by atoms with Crippen LogP contribution in [-0.4, -0.2) is 34.6 Å². The second kappa shape index (κ2) is 11.8. The molecule has 3 amide bonds. The Bertz CT molecular complexity index is 2090. The number of H-pyrrole nitrogens is 1. The van der Waals surface area contributed by atoms with Gasteiger partial charge in [-0.3, -0.25) is 24.1 Å². The van der Waals surface area contributed by atoms with Gasteiger partial charge in [-0.1, -0.05) is 33.3 Å². The van der Waals surface area contributed by atoms with Gasteiger partial charge < -0.3 is 15.0 Å². The number of aromatic amines is 1. The van der Waals surface area contributed by atoms with Crippen LogP contribution in [0.4, 0.5) is 28.9 Å². The lowest BCUT2D eigenvalue weighted by Gasteiger charge is -2.43. The molecule has 2 aliphatic carbocycles. The van der Waals surface area contributed by atoms with Crippen molar-refractivity contribution in [2.75, 3.05) is 16.8 Å². The first-order valence-corrected chi connectivity index (χ1v) is 17.8. The first kappa shape index (κ1) is 32.3. The van der Waals surface area contributed by atoms with Crippen LogP contribution < -0.4 is 19.8 Å². The molecule has 2 bridgehead atoms. The highest BCUT2D eigenvalue weighted by molar-refractivity contribution is 9.10. The number of benzene rings is 3. The number of aromatic nitrogens is 1. The van der Waals surface area contributed by atoms with Gasteiger partial charge in [0.2, 0.25) is 11.8 Å². The van der Waals surface area contributed by atoms with Crippen molar-refractivity contribution in [3.8, 4) is 5.75 Å². The number of alkyl halides is 3. The van der Waals surface area contributed by atoms with E-state index in [-0.39, 0.29) is 45.4 Å². The molecule has 49 heavy (non-hydrogen) atoms. The van der Waals surface area contributed by atoms with Crippen molar-refractivity contribution in [2.24, 2.45) is 29.6 Å². The molecular formula is C34H24BrF4N3O5S2. The molecule has 2 aliphatic heterocycles. The summed E-state index contributed by atoms with van der Waals surface area (Å²) in [5.74, 6) is -3.51. The number of fused-ring (bicyclic) bond motifs is 9. The van der Waals surface area contributed by atoms with Crippen molar-refractivity contribution in [2.45, 2.75) is 28.8 Å². The number of ether oxygens (including phenoxy) is 1. The fraction of sp³-hybridized carbons (Fsp3) is 0.294. The average Bonchev–Trinajstić information content (AvgIpc) is 3.79. The van der Waals surface area contributed by atoms with Gasteiger partial charge in [0.05, 0.1) is 28.1 Å². The van der Waals surface area contributed by atoms with Crippen LogP contribution in [-0.2, 0) is 20.6 Å². The van der Waals surface area contributed by atoms with E-state index in [1.165, 1.54) is 53.1 Å². The molecule has 3 aromatic carbocycles. The van der Waals surface area contributed by atoms with Crippen molar-refractivity contribution in [1.82, 2.24) is 4.98 Å². The fourth-order valence-electron chi connectivity index (χ4n) is 8.22. The van der Waals surface area contributed by atoms with Crippen LogP contribution in [0.5, 0.6) is 5.75 Å². The van der Waals surface area contributed by atoms with Gasteiger partial charge in [0, 0.05) is 31.8 Å². The SMILES string of the molecule is O=C(COc1ccc(Br)cc1[C@H]1c2sc(=O)[nH]c2SC2C1[C@H]1C[C@@H]2C2C(=O)N(c3ccc(F)cc3)C(=O)C21)Nc1cccc(C(F)(F)F)c1. The van der Waals surface area contributed by atoms with Crippen LogP contribution in [0.25, 0.3) is 0 Å². The summed E-state index contributed by atoms with van der Waals surface area (Å²) in [7, 11) is 0. The summed E-state index contributed by atoms with van der Waals surface area (Å²) < 4.78 is 60.0. The minimum Gasteiger partial charge on any atom is -0.483 e. The van der Waals surface area contributed by atoms with Gasteiger partial charge in [0.15, 0.2) is 6.61 Å². The molecule has 252 valence electrons. The number of amides is 3. The van der Waals surface area contributed by atoms with Crippen LogP contribution in [0.1, 0.15) is 28.3 Å². The average molecular weight is 775 g/mol. The lowest BCUT2D eigenvalue weighted by molar-refractivity contribution is -0.137. The van der Waals surface area contributed by atoms with Crippen molar-refractivity contribution >= 4 is 68.1 Å². The summed E-state index contributed by atoms with van der Waals surface area (Å²) in [5.41, 5.74) is 0.0651. The lowest BCUT2D eigenvalue weighted by Crippen LogP contribution is -2.42. The third-order valence-corrected chi connectivity index (χ3v) is 13.0. The van der Waals surface area contributed by atoms with E-state index in [0.29, 0.717) is 32.9 Å². The van der Waals surface area contributed by atoms with E-state index in [1.807, 2.05) is 6.07 Å². The Morgan fingerprint density at radius 3 is 2.47 bits per heavy atom. The van der Waals surface area contributed by atoms with Gasteiger partial charge in [-0.25, -0.2) is 4.39 Å². The predicted octanol–water partition coefficient (Wildman–Crippen LogP) is 7.05. The number of carbonyl (C=O) groups excluding carboxylic acids is 3. The van der Waals surface area contributed by atoms with E-state index in [9.17, 15) is 36.7 Å². The molecule has 8 rings (SSSR count). The first-order chi connectivity index (χ1) is 23.4. The summed E-state index contributed by atoms with van der Waals surface area (Å²) in [4.78, 5) is 58.0. The number of thioether (sulfide) groups is 1. The minimum absolute atomic E-state index is 0.0321. The Hall–Kier alpha value is -3.95. The summed E-state index contributed by atoms with van der Waals surface area (Å²) in [6.45, 7) is -0.507. The molecule has 2 N–H and O–H groups in total. The van der Waals surface area contributed by atoms with E-state index in [0.717, 1.165) is 28.3 Å². The van der Waals surface area contributed by atoms with Gasteiger partial charge in [-0.05, 0) is 84.8 Å². The number of hydrogen-bond donors (Lipinski definition) is 2. The maximum absolute atomic E-state index is 14.0. The standard InChI is InChI=1S/C34H24BrF4N3O5S2/c35-15-4-9-22(47-13-23(43)40-17-3-1-2-14(10-17)34(37,38)39)19(11-15)24-25-20-12-21(28(25)48-30-29(24)49-33(46)41-30)27-26(20)31(44)42(32(27)45)18-7-5-16(36)6-8-18/h1-11,20-21,24-28H,12-13H2,(H,40,43)(H,41,46)/t20-,21-,24-,25?,26?,27?,28?/m1/s1. The number of nitrogens with zero attached hydrogens (tertiary/aromatic N) is 1. The van der Waals surface area contributed by atoms with E-state index >= 15 is 0 Å². The quantitative estimate of drug-likeness (QED) is 0.161. The Balaban J connectivity index is 1.11. The van der Waals surface area contributed by atoms with Crippen LogP contribution in [0.15, 0.2) is 81.0 Å². The smallest absolute Gasteiger partial charge is 0.416 e. The first-order valence-electron chi connectivity index (χ1n) is 15.3. The molecule has 1 aromatic heterocycles. The number of halogens is 5. The van der Waals surface area contributed by atoms with Crippen LogP contribution in [0.2, 0.25) is 0 Å². The van der Waals surface area contributed by atoms with Crippen molar-refractivity contribution in [3.63, 3.8) is 0 Å². The zero-order valence-electron chi connectivity index (χ0n) is 25.0. The van der Waals surface area contributed by atoms with Gasteiger partial charge in [-0.2, -0.15) is 13.2 Å². The number of carbonyl (C=O) groups is 3. The third kappa shape index (κ3) is 5.40. The highest BCUT2D eigenvalue weighted by Gasteiger charge is 2.70. The molecule has 3 heterocycles. The molecule has 4 aromatic rings. The largest absolute Gasteiger partial charge is 0.483 e. The zero-order chi connectivity index (χ0) is 34.4. The third-order valence-electron chi connectivity index (χ3n) is 9.95. The normalized spacial score (nSPS) is 26.8.